The number of nitrogens with zero attached hydrogens (tertiary/aromatic N) is 1. The SMILES string of the molecule is Cc1ccc(C(C)C)c(OCC(=O)Nc2cc(-c3nc4ccccc4o3)ccc2Cl)c1. The van der Waals surface area contributed by atoms with Crippen molar-refractivity contribution in [2.75, 3.05) is 11.9 Å². The van der Waals surface area contributed by atoms with Gasteiger partial charge < -0.3 is 14.5 Å². The van der Waals surface area contributed by atoms with Gasteiger partial charge in [0.1, 0.15) is 11.3 Å². The molecule has 0 bridgehead atoms. The Morgan fingerprint density at radius 3 is 2.71 bits per heavy atom. The molecule has 31 heavy (non-hydrogen) atoms. The second kappa shape index (κ2) is 8.82. The number of aromatic nitrogens is 1. The first-order valence-electron chi connectivity index (χ1n) is 10.1. The average Bonchev–Trinajstić information content (AvgIpc) is 3.18. The number of ether oxygens (including phenoxy) is 1. The summed E-state index contributed by atoms with van der Waals surface area (Å²) in [6.07, 6.45) is 0. The predicted molar refractivity (Wildman–Crippen MR) is 124 cm³/mol. The number of oxazole rings is 1. The van der Waals surface area contributed by atoms with Gasteiger partial charge in [-0.15, -0.1) is 0 Å². The molecular formula is C25H23ClN2O3. The van der Waals surface area contributed by atoms with Crippen molar-refractivity contribution < 1.29 is 13.9 Å². The van der Waals surface area contributed by atoms with E-state index in [9.17, 15) is 4.79 Å². The normalized spacial score (nSPS) is 11.1. The van der Waals surface area contributed by atoms with Crippen LogP contribution >= 0.6 is 11.6 Å². The first-order valence-corrected chi connectivity index (χ1v) is 10.5. The Balaban J connectivity index is 1.50. The molecule has 4 aromatic rings. The minimum absolute atomic E-state index is 0.118. The zero-order chi connectivity index (χ0) is 22.0. The number of para-hydroxylation sites is 2. The number of amides is 1. The van der Waals surface area contributed by atoms with Crippen LogP contribution < -0.4 is 10.1 Å². The Kier molecular flexibility index (Phi) is 5.96. The van der Waals surface area contributed by atoms with Gasteiger partial charge in [-0.05, 0) is 60.4 Å². The van der Waals surface area contributed by atoms with Crippen molar-refractivity contribution in [2.24, 2.45) is 0 Å². The predicted octanol–water partition coefficient (Wildman–Crippen LogP) is 6.60. The molecule has 0 atom stereocenters. The van der Waals surface area contributed by atoms with Crippen LogP contribution in [0.2, 0.25) is 5.02 Å². The molecule has 1 aromatic heterocycles. The van der Waals surface area contributed by atoms with Crippen molar-refractivity contribution in [1.82, 2.24) is 4.98 Å². The van der Waals surface area contributed by atoms with Crippen LogP contribution in [0.1, 0.15) is 30.9 Å². The quantitative estimate of drug-likeness (QED) is 0.371. The van der Waals surface area contributed by atoms with Gasteiger partial charge in [0.25, 0.3) is 5.91 Å². The summed E-state index contributed by atoms with van der Waals surface area (Å²) in [5.74, 6) is 1.18. The molecular weight excluding hydrogens is 412 g/mol. The summed E-state index contributed by atoms with van der Waals surface area (Å²) in [6, 6.07) is 18.8. The van der Waals surface area contributed by atoms with Crippen LogP contribution in [0.25, 0.3) is 22.6 Å². The fourth-order valence-corrected chi connectivity index (χ4v) is 3.49. The van der Waals surface area contributed by atoms with Crippen LogP contribution in [0, 0.1) is 6.92 Å². The number of anilines is 1. The lowest BCUT2D eigenvalue weighted by molar-refractivity contribution is -0.118. The molecule has 4 rings (SSSR count). The molecule has 0 aliphatic rings. The molecule has 0 unspecified atom stereocenters. The van der Waals surface area contributed by atoms with Crippen LogP contribution in [0.4, 0.5) is 5.69 Å². The summed E-state index contributed by atoms with van der Waals surface area (Å²) >= 11 is 6.30. The van der Waals surface area contributed by atoms with E-state index in [0.717, 1.165) is 28.0 Å². The van der Waals surface area contributed by atoms with Crippen LogP contribution in [-0.4, -0.2) is 17.5 Å². The molecule has 1 N–H and O–H groups in total. The highest BCUT2D eigenvalue weighted by molar-refractivity contribution is 6.33. The number of hydrogen-bond donors (Lipinski definition) is 1. The number of aryl methyl sites for hydroxylation is 1. The number of benzene rings is 3. The maximum atomic E-state index is 12.6. The van der Waals surface area contributed by atoms with Crippen molar-refractivity contribution in [3.63, 3.8) is 0 Å². The van der Waals surface area contributed by atoms with Crippen molar-refractivity contribution in [2.45, 2.75) is 26.7 Å². The van der Waals surface area contributed by atoms with E-state index >= 15 is 0 Å². The second-order valence-electron chi connectivity index (χ2n) is 7.71. The van der Waals surface area contributed by atoms with Crippen molar-refractivity contribution in [3.05, 3.63) is 76.8 Å². The van der Waals surface area contributed by atoms with E-state index in [4.69, 9.17) is 20.8 Å². The van der Waals surface area contributed by atoms with Crippen LogP contribution in [-0.2, 0) is 4.79 Å². The largest absolute Gasteiger partial charge is 0.483 e. The lowest BCUT2D eigenvalue weighted by Crippen LogP contribution is -2.21. The van der Waals surface area contributed by atoms with Gasteiger partial charge in [-0.3, -0.25) is 4.79 Å². The first kappa shape index (κ1) is 20.9. The van der Waals surface area contributed by atoms with E-state index < -0.39 is 0 Å². The highest BCUT2D eigenvalue weighted by atomic mass is 35.5. The third-order valence-electron chi connectivity index (χ3n) is 4.93. The van der Waals surface area contributed by atoms with Gasteiger partial charge in [0, 0.05) is 5.56 Å². The summed E-state index contributed by atoms with van der Waals surface area (Å²) in [4.78, 5) is 17.1. The van der Waals surface area contributed by atoms with E-state index in [1.54, 1.807) is 18.2 Å². The van der Waals surface area contributed by atoms with Crippen LogP contribution in [0.3, 0.4) is 0 Å². The van der Waals surface area contributed by atoms with E-state index in [2.05, 4.69) is 24.1 Å². The Morgan fingerprint density at radius 2 is 1.94 bits per heavy atom. The molecule has 0 radical (unpaired) electrons. The maximum Gasteiger partial charge on any atom is 0.262 e. The summed E-state index contributed by atoms with van der Waals surface area (Å²) in [5, 5.41) is 3.25. The smallest absolute Gasteiger partial charge is 0.262 e. The van der Waals surface area contributed by atoms with Gasteiger partial charge in [-0.25, -0.2) is 4.98 Å². The first-order chi connectivity index (χ1) is 14.9. The number of rotatable bonds is 6. The molecule has 3 aromatic carbocycles. The Hall–Kier alpha value is -3.31. The number of nitrogens with one attached hydrogen (secondary N) is 1. The summed E-state index contributed by atoms with van der Waals surface area (Å²) < 4.78 is 11.6. The minimum Gasteiger partial charge on any atom is -0.483 e. The maximum absolute atomic E-state index is 12.6. The molecule has 0 aliphatic heterocycles. The fraction of sp³-hybridized carbons (Fsp3) is 0.200. The van der Waals surface area contributed by atoms with E-state index in [1.807, 2.05) is 49.4 Å². The van der Waals surface area contributed by atoms with E-state index in [0.29, 0.717) is 28.1 Å². The monoisotopic (exact) mass is 434 g/mol. The highest BCUT2D eigenvalue weighted by Crippen LogP contribution is 2.31. The zero-order valence-corrected chi connectivity index (χ0v) is 18.4. The lowest BCUT2D eigenvalue weighted by Gasteiger charge is -2.15. The number of hydrogen-bond acceptors (Lipinski definition) is 4. The Labute approximate surface area is 186 Å². The molecule has 5 nitrogen and oxygen atoms in total. The average molecular weight is 435 g/mol. The second-order valence-corrected chi connectivity index (χ2v) is 8.12. The van der Waals surface area contributed by atoms with Crippen LogP contribution in [0.15, 0.2) is 65.1 Å². The molecule has 1 heterocycles. The minimum atomic E-state index is -0.298. The lowest BCUT2D eigenvalue weighted by atomic mass is 10.0. The van der Waals surface area contributed by atoms with E-state index in [-0.39, 0.29) is 12.5 Å². The van der Waals surface area contributed by atoms with Crippen molar-refractivity contribution in [1.29, 1.82) is 0 Å². The standard InChI is InChI=1S/C25H23ClN2O3/c1-15(2)18-10-8-16(3)12-23(18)30-14-24(29)27-21-13-17(9-11-19(21)26)25-28-20-6-4-5-7-22(20)31-25/h4-13,15H,14H2,1-3H3,(H,27,29). The zero-order valence-electron chi connectivity index (χ0n) is 17.6. The van der Waals surface area contributed by atoms with Crippen LogP contribution in [0.5, 0.6) is 5.75 Å². The topological polar surface area (TPSA) is 64.4 Å². The molecule has 0 fully saturated rings. The third-order valence-corrected chi connectivity index (χ3v) is 5.26. The number of carbonyl (C=O) groups excluding carboxylic acids is 1. The van der Waals surface area contributed by atoms with Gasteiger partial charge in [0.15, 0.2) is 12.2 Å². The van der Waals surface area contributed by atoms with Gasteiger partial charge in [-0.1, -0.05) is 49.7 Å². The highest BCUT2D eigenvalue weighted by Gasteiger charge is 2.14. The van der Waals surface area contributed by atoms with Gasteiger partial charge in [0.2, 0.25) is 5.89 Å². The molecule has 0 saturated carbocycles. The molecule has 0 spiro atoms. The summed E-state index contributed by atoms with van der Waals surface area (Å²) in [7, 11) is 0. The van der Waals surface area contributed by atoms with Crippen molar-refractivity contribution >= 4 is 34.3 Å². The molecule has 0 saturated heterocycles. The third kappa shape index (κ3) is 4.72. The number of fused-ring (bicyclic) bond motifs is 1. The molecule has 1 amide bonds. The Morgan fingerprint density at radius 1 is 1.13 bits per heavy atom. The summed E-state index contributed by atoms with van der Waals surface area (Å²) in [5.41, 5.74) is 4.81. The fourth-order valence-electron chi connectivity index (χ4n) is 3.32. The molecule has 6 heteroatoms. The number of carbonyl (C=O) groups is 1. The van der Waals surface area contributed by atoms with Gasteiger partial charge in [-0.2, -0.15) is 0 Å². The Bertz CT molecular complexity index is 1210. The number of halogens is 1. The summed E-state index contributed by atoms with van der Waals surface area (Å²) in [6.45, 7) is 6.06. The molecule has 158 valence electrons. The van der Waals surface area contributed by atoms with E-state index in [1.165, 1.54) is 0 Å². The van der Waals surface area contributed by atoms with Gasteiger partial charge >= 0.3 is 0 Å². The van der Waals surface area contributed by atoms with Gasteiger partial charge in [0.05, 0.1) is 10.7 Å². The molecule has 0 aliphatic carbocycles. The van der Waals surface area contributed by atoms with Crippen molar-refractivity contribution in [3.8, 4) is 17.2 Å².